The number of anilines is 1. The minimum atomic E-state index is -4.48. The number of para-hydroxylation sites is 1. The van der Waals surface area contributed by atoms with E-state index in [0.29, 0.717) is 22.2 Å². The summed E-state index contributed by atoms with van der Waals surface area (Å²) >= 11 is 0. The fraction of sp³-hybridized carbons (Fsp3) is 0.120. The van der Waals surface area contributed by atoms with Gasteiger partial charge in [0.05, 0.1) is 22.3 Å². The van der Waals surface area contributed by atoms with Crippen LogP contribution in [-0.4, -0.2) is 10.9 Å². The standard InChI is InChI=1S/C25H19F3N2O/c1-2-16-10-12-17(13-11-16)23-15-21(20-8-3-4-9-22(20)30-23)24(31)29-19-7-5-6-18(14-19)25(26,27)28/h3-15H,2H2,1H3,(H,29,31). The van der Waals surface area contributed by atoms with Crippen molar-refractivity contribution in [3.8, 4) is 11.3 Å². The van der Waals surface area contributed by atoms with Crippen molar-refractivity contribution in [1.29, 1.82) is 0 Å². The molecule has 156 valence electrons. The van der Waals surface area contributed by atoms with Gasteiger partial charge in [0.15, 0.2) is 0 Å². The Labute approximate surface area is 177 Å². The highest BCUT2D eigenvalue weighted by Gasteiger charge is 2.30. The number of nitrogens with zero attached hydrogens (tertiary/aromatic N) is 1. The molecule has 0 saturated carbocycles. The number of carbonyl (C=O) groups excluding carboxylic acids is 1. The monoisotopic (exact) mass is 420 g/mol. The summed E-state index contributed by atoms with van der Waals surface area (Å²) in [5.41, 5.74) is 2.90. The van der Waals surface area contributed by atoms with Crippen LogP contribution in [0.25, 0.3) is 22.2 Å². The predicted molar refractivity (Wildman–Crippen MR) is 116 cm³/mol. The molecular formula is C25H19F3N2O. The number of fused-ring (bicyclic) bond motifs is 1. The van der Waals surface area contributed by atoms with Gasteiger partial charge >= 0.3 is 6.18 Å². The molecule has 0 bridgehead atoms. The van der Waals surface area contributed by atoms with Crippen molar-refractivity contribution < 1.29 is 18.0 Å². The molecule has 0 spiro atoms. The summed E-state index contributed by atoms with van der Waals surface area (Å²) in [5, 5.41) is 3.22. The molecule has 0 aliphatic carbocycles. The van der Waals surface area contributed by atoms with Gasteiger partial charge in [-0.2, -0.15) is 13.2 Å². The van der Waals surface area contributed by atoms with Crippen molar-refractivity contribution in [2.75, 3.05) is 5.32 Å². The molecule has 0 radical (unpaired) electrons. The normalized spacial score (nSPS) is 11.5. The molecule has 1 amide bonds. The fourth-order valence-corrected chi connectivity index (χ4v) is 3.39. The van der Waals surface area contributed by atoms with E-state index in [1.807, 2.05) is 30.3 Å². The largest absolute Gasteiger partial charge is 0.416 e. The van der Waals surface area contributed by atoms with Gasteiger partial charge in [0.2, 0.25) is 0 Å². The molecule has 1 aromatic heterocycles. The highest BCUT2D eigenvalue weighted by Crippen LogP contribution is 2.31. The Kier molecular flexibility index (Phi) is 5.46. The molecular weight excluding hydrogens is 401 g/mol. The van der Waals surface area contributed by atoms with Crippen LogP contribution in [0, 0.1) is 0 Å². The molecule has 3 aromatic carbocycles. The molecule has 0 aliphatic rings. The molecule has 0 saturated heterocycles. The molecule has 1 N–H and O–H groups in total. The number of aromatic nitrogens is 1. The predicted octanol–water partition coefficient (Wildman–Crippen LogP) is 6.74. The molecule has 31 heavy (non-hydrogen) atoms. The van der Waals surface area contributed by atoms with E-state index in [4.69, 9.17) is 0 Å². The van der Waals surface area contributed by atoms with Crippen molar-refractivity contribution in [3.05, 3.63) is 95.6 Å². The second kappa shape index (κ2) is 8.22. The lowest BCUT2D eigenvalue weighted by atomic mass is 10.0. The zero-order valence-corrected chi connectivity index (χ0v) is 16.7. The third kappa shape index (κ3) is 4.43. The summed E-state index contributed by atoms with van der Waals surface area (Å²) in [4.78, 5) is 17.7. The zero-order valence-electron chi connectivity index (χ0n) is 16.7. The first kappa shape index (κ1) is 20.6. The number of pyridine rings is 1. The van der Waals surface area contributed by atoms with Crippen molar-refractivity contribution in [3.63, 3.8) is 0 Å². The Balaban J connectivity index is 1.74. The van der Waals surface area contributed by atoms with Crippen LogP contribution in [0.1, 0.15) is 28.4 Å². The van der Waals surface area contributed by atoms with Gasteiger partial charge in [0.25, 0.3) is 5.91 Å². The van der Waals surface area contributed by atoms with Crippen molar-refractivity contribution in [2.45, 2.75) is 19.5 Å². The van der Waals surface area contributed by atoms with Crippen LogP contribution >= 0.6 is 0 Å². The summed E-state index contributed by atoms with van der Waals surface area (Å²) in [6.07, 6.45) is -3.57. The number of alkyl halides is 3. The van der Waals surface area contributed by atoms with E-state index < -0.39 is 17.6 Å². The number of hydrogen-bond acceptors (Lipinski definition) is 2. The number of amides is 1. The van der Waals surface area contributed by atoms with E-state index in [2.05, 4.69) is 17.2 Å². The second-order valence-electron chi connectivity index (χ2n) is 7.16. The van der Waals surface area contributed by atoms with E-state index in [1.54, 1.807) is 24.3 Å². The maximum atomic E-state index is 13.1. The highest BCUT2D eigenvalue weighted by molar-refractivity contribution is 6.13. The smallest absolute Gasteiger partial charge is 0.322 e. The number of benzene rings is 3. The van der Waals surface area contributed by atoms with Crippen molar-refractivity contribution in [2.24, 2.45) is 0 Å². The van der Waals surface area contributed by atoms with Gasteiger partial charge in [-0.15, -0.1) is 0 Å². The number of rotatable bonds is 4. The maximum absolute atomic E-state index is 13.1. The Bertz CT molecular complexity index is 1250. The van der Waals surface area contributed by atoms with Gasteiger partial charge in [-0.3, -0.25) is 4.79 Å². The number of hydrogen-bond donors (Lipinski definition) is 1. The average molecular weight is 420 g/mol. The molecule has 0 atom stereocenters. The molecule has 0 aliphatic heterocycles. The lowest BCUT2D eigenvalue weighted by molar-refractivity contribution is -0.137. The summed E-state index contributed by atoms with van der Waals surface area (Å²) in [6, 6.07) is 21.4. The van der Waals surface area contributed by atoms with E-state index in [0.717, 1.165) is 24.1 Å². The third-order valence-electron chi connectivity index (χ3n) is 5.07. The van der Waals surface area contributed by atoms with Crippen LogP contribution in [-0.2, 0) is 12.6 Å². The Hall–Kier alpha value is -3.67. The van der Waals surface area contributed by atoms with E-state index in [9.17, 15) is 18.0 Å². The van der Waals surface area contributed by atoms with Crippen molar-refractivity contribution >= 4 is 22.5 Å². The fourth-order valence-electron chi connectivity index (χ4n) is 3.39. The van der Waals surface area contributed by atoms with Gasteiger partial charge < -0.3 is 5.32 Å². The van der Waals surface area contributed by atoms with Crippen molar-refractivity contribution in [1.82, 2.24) is 4.98 Å². The summed E-state index contributed by atoms with van der Waals surface area (Å²) in [6.45, 7) is 2.07. The molecule has 3 nitrogen and oxygen atoms in total. The maximum Gasteiger partial charge on any atom is 0.416 e. The number of carbonyl (C=O) groups is 1. The minimum absolute atomic E-state index is 0.0783. The first-order chi connectivity index (χ1) is 14.8. The molecule has 0 unspecified atom stereocenters. The van der Waals surface area contributed by atoms with E-state index in [-0.39, 0.29) is 5.69 Å². The second-order valence-corrected chi connectivity index (χ2v) is 7.16. The minimum Gasteiger partial charge on any atom is -0.322 e. The number of halogens is 3. The topological polar surface area (TPSA) is 42.0 Å². The molecule has 6 heteroatoms. The Morgan fingerprint density at radius 1 is 0.935 bits per heavy atom. The van der Waals surface area contributed by atoms with Gasteiger partial charge in [-0.25, -0.2) is 4.98 Å². The lowest BCUT2D eigenvalue weighted by Gasteiger charge is -2.12. The van der Waals surface area contributed by atoms with Crippen LogP contribution in [0.4, 0.5) is 18.9 Å². The van der Waals surface area contributed by atoms with Crippen LogP contribution in [0.3, 0.4) is 0 Å². The quantitative estimate of drug-likeness (QED) is 0.397. The van der Waals surface area contributed by atoms with Gasteiger partial charge in [0.1, 0.15) is 0 Å². The molecule has 1 heterocycles. The first-order valence-corrected chi connectivity index (χ1v) is 9.83. The SMILES string of the molecule is CCc1ccc(-c2cc(C(=O)Nc3cccc(C(F)(F)F)c3)c3ccccc3n2)cc1. The molecule has 0 fully saturated rings. The van der Waals surface area contributed by atoms with E-state index >= 15 is 0 Å². The Morgan fingerprint density at radius 2 is 1.68 bits per heavy atom. The lowest BCUT2D eigenvalue weighted by Crippen LogP contribution is -2.14. The molecule has 4 aromatic rings. The molecule has 4 rings (SSSR count). The van der Waals surface area contributed by atoms with Gasteiger partial charge in [-0.1, -0.05) is 55.5 Å². The average Bonchev–Trinajstić information content (AvgIpc) is 2.78. The van der Waals surface area contributed by atoms with Crippen LogP contribution in [0.5, 0.6) is 0 Å². The van der Waals surface area contributed by atoms with Gasteiger partial charge in [0, 0.05) is 16.6 Å². The zero-order chi connectivity index (χ0) is 22.0. The first-order valence-electron chi connectivity index (χ1n) is 9.83. The summed E-state index contributed by atoms with van der Waals surface area (Å²) < 4.78 is 39.0. The summed E-state index contributed by atoms with van der Waals surface area (Å²) in [5.74, 6) is -0.496. The number of aryl methyl sites for hydroxylation is 1. The van der Waals surface area contributed by atoms with Crippen LogP contribution < -0.4 is 5.32 Å². The third-order valence-corrected chi connectivity index (χ3v) is 5.07. The van der Waals surface area contributed by atoms with Crippen LogP contribution in [0.2, 0.25) is 0 Å². The summed E-state index contributed by atoms with van der Waals surface area (Å²) in [7, 11) is 0. The van der Waals surface area contributed by atoms with Gasteiger partial charge in [-0.05, 0) is 42.3 Å². The highest BCUT2D eigenvalue weighted by atomic mass is 19.4. The Morgan fingerprint density at radius 3 is 2.39 bits per heavy atom. The van der Waals surface area contributed by atoms with Crippen LogP contribution in [0.15, 0.2) is 78.9 Å². The van der Waals surface area contributed by atoms with E-state index in [1.165, 1.54) is 17.7 Å². The number of nitrogens with one attached hydrogen (secondary N) is 1.